The number of hydrogen-bond donors (Lipinski definition) is 1. The van der Waals surface area contributed by atoms with Gasteiger partial charge in [-0.2, -0.15) is 0 Å². The SMILES string of the molecule is O=C(O)[C@@H]1[C@@H](c2ccccc2)[C@@H](C(=O)Oc2cccc3ccccc23)[C@@H]1C1C=CC=CC1. The van der Waals surface area contributed by atoms with E-state index in [0.717, 1.165) is 22.8 Å². The van der Waals surface area contributed by atoms with Crippen LogP contribution in [0.4, 0.5) is 0 Å². The van der Waals surface area contributed by atoms with E-state index in [2.05, 4.69) is 0 Å². The lowest BCUT2D eigenvalue weighted by Gasteiger charge is -2.51. The largest absolute Gasteiger partial charge is 0.481 e. The van der Waals surface area contributed by atoms with E-state index in [9.17, 15) is 14.7 Å². The second kappa shape index (κ2) is 8.46. The summed E-state index contributed by atoms with van der Waals surface area (Å²) in [5, 5.41) is 12.0. The number of fused-ring (bicyclic) bond motifs is 1. The zero-order valence-electron chi connectivity index (χ0n) is 17.5. The minimum absolute atomic E-state index is 0.00821. The van der Waals surface area contributed by atoms with Crippen molar-refractivity contribution < 1.29 is 19.4 Å². The molecule has 1 fully saturated rings. The van der Waals surface area contributed by atoms with E-state index < -0.39 is 23.7 Å². The van der Waals surface area contributed by atoms with Gasteiger partial charge in [0.2, 0.25) is 0 Å². The van der Waals surface area contributed by atoms with Gasteiger partial charge in [0, 0.05) is 11.3 Å². The van der Waals surface area contributed by atoms with Gasteiger partial charge in [0.1, 0.15) is 5.75 Å². The van der Waals surface area contributed by atoms with Gasteiger partial charge in [-0.25, -0.2) is 0 Å². The highest BCUT2D eigenvalue weighted by Gasteiger charge is 2.60. The molecule has 1 N–H and O–H groups in total. The van der Waals surface area contributed by atoms with Crippen molar-refractivity contribution >= 4 is 22.7 Å². The second-order valence-corrected chi connectivity index (χ2v) is 8.51. The fourth-order valence-electron chi connectivity index (χ4n) is 5.37. The third-order valence-electron chi connectivity index (χ3n) is 6.81. The Morgan fingerprint density at radius 2 is 1.59 bits per heavy atom. The summed E-state index contributed by atoms with van der Waals surface area (Å²) in [6.45, 7) is 0. The molecule has 0 aromatic heterocycles. The van der Waals surface area contributed by atoms with Gasteiger partial charge in [-0.15, -0.1) is 0 Å². The number of hydrogen-bond acceptors (Lipinski definition) is 3. The lowest BCUT2D eigenvalue weighted by atomic mass is 9.50. The third kappa shape index (κ3) is 3.52. The van der Waals surface area contributed by atoms with Gasteiger partial charge >= 0.3 is 11.9 Å². The predicted molar refractivity (Wildman–Crippen MR) is 123 cm³/mol. The molecule has 3 aromatic carbocycles. The van der Waals surface area contributed by atoms with E-state index in [0.29, 0.717) is 5.75 Å². The van der Waals surface area contributed by atoms with Crippen molar-refractivity contribution in [3.8, 4) is 5.75 Å². The molecule has 4 heteroatoms. The van der Waals surface area contributed by atoms with Crippen LogP contribution in [0.1, 0.15) is 17.9 Å². The number of carboxylic acids is 1. The van der Waals surface area contributed by atoms with Crippen molar-refractivity contribution in [2.24, 2.45) is 23.7 Å². The van der Waals surface area contributed by atoms with E-state index in [1.54, 1.807) is 6.07 Å². The highest BCUT2D eigenvalue weighted by molar-refractivity contribution is 5.91. The van der Waals surface area contributed by atoms with Crippen molar-refractivity contribution in [1.29, 1.82) is 0 Å². The Bertz CT molecular complexity index is 1210. The smallest absolute Gasteiger partial charge is 0.315 e. The minimum atomic E-state index is -0.860. The van der Waals surface area contributed by atoms with E-state index in [-0.39, 0.29) is 17.8 Å². The summed E-state index contributed by atoms with van der Waals surface area (Å²) in [4.78, 5) is 25.9. The molecule has 5 rings (SSSR count). The van der Waals surface area contributed by atoms with Gasteiger partial charge < -0.3 is 9.84 Å². The summed E-state index contributed by atoms with van der Waals surface area (Å²) in [6.07, 6.45) is 8.69. The van der Waals surface area contributed by atoms with Gasteiger partial charge in [-0.3, -0.25) is 9.59 Å². The number of carbonyl (C=O) groups is 2. The Labute approximate surface area is 186 Å². The summed E-state index contributed by atoms with van der Waals surface area (Å²) < 4.78 is 5.96. The van der Waals surface area contributed by atoms with Crippen LogP contribution >= 0.6 is 0 Å². The fraction of sp³-hybridized carbons (Fsp3) is 0.214. The Hall–Kier alpha value is -3.66. The minimum Gasteiger partial charge on any atom is -0.481 e. The van der Waals surface area contributed by atoms with E-state index in [1.807, 2.05) is 91.0 Å². The highest BCUT2D eigenvalue weighted by Crippen LogP contribution is 2.57. The first-order valence-electron chi connectivity index (χ1n) is 11.0. The average Bonchev–Trinajstić information content (AvgIpc) is 2.80. The quantitative estimate of drug-likeness (QED) is 0.427. The van der Waals surface area contributed by atoms with Crippen molar-refractivity contribution in [2.75, 3.05) is 0 Å². The number of rotatable bonds is 5. The van der Waals surface area contributed by atoms with Crippen molar-refractivity contribution in [3.63, 3.8) is 0 Å². The summed E-state index contributed by atoms with van der Waals surface area (Å²) in [7, 11) is 0. The summed E-state index contributed by atoms with van der Waals surface area (Å²) >= 11 is 0. The van der Waals surface area contributed by atoms with E-state index >= 15 is 0 Å². The van der Waals surface area contributed by atoms with Crippen molar-refractivity contribution in [3.05, 3.63) is 103 Å². The first kappa shape index (κ1) is 20.3. The second-order valence-electron chi connectivity index (χ2n) is 8.51. The molecule has 5 atom stereocenters. The predicted octanol–water partition coefficient (Wildman–Crippen LogP) is 5.61. The van der Waals surface area contributed by atoms with Gasteiger partial charge in [0.25, 0.3) is 0 Å². The van der Waals surface area contributed by atoms with E-state index in [4.69, 9.17) is 4.74 Å². The number of esters is 1. The molecule has 160 valence electrons. The Kier molecular flexibility index (Phi) is 5.36. The van der Waals surface area contributed by atoms with Crippen LogP contribution in [-0.2, 0) is 9.59 Å². The van der Waals surface area contributed by atoms with Crippen molar-refractivity contribution in [1.82, 2.24) is 0 Å². The van der Waals surface area contributed by atoms with Gasteiger partial charge in [0.15, 0.2) is 0 Å². The molecule has 1 unspecified atom stereocenters. The van der Waals surface area contributed by atoms with E-state index in [1.165, 1.54) is 0 Å². The van der Waals surface area contributed by atoms with Crippen LogP contribution < -0.4 is 4.74 Å². The number of allylic oxidation sites excluding steroid dienone is 4. The molecule has 32 heavy (non-hydrogen) atoms. The van der Waals surface area contributed by atoms with Crippen LogP contribution in [0.3, 0.4) is 0 Å². The Morgan fingerprint density at radius 3 is 2.34 bits per heavy atom. The molecular formula is C28H24O4. The number of aliphatic carboxylic acids is 1. The van der Waals surface area contributed by atoms with Crippen molar-refractivity contribution in [2.45, 2.75) is 12.3 Å². The monoisotopic (exact) mass is 424 g/mol. The number of carboxylic acid groups (broad SMARTS) is 1. The van der Waals surface area contributed by atoms with Crippen LogP contribution in [0.15, 0.2) is 97.1 Å². The maximum Gasteiger partial charge on any atom is 0.315 e. The molecule has 4 nitrogen and oxygen atoms in total. The Morgan fingerprint density at radius 1 is 0.844 bits per heavy atom. The summed E-state index contributed by atoms with van der Waals surface area (Å²) in [5.41, 5.74) is 0.867. The maximum atomic E-state index is 13.6. The number of benzene rings is 3. The van der Waals surface area contributed by atoms with Crippen LogP contribution in [0, 0.1) is 23.7 Å². The van der Waals surface area contributed by atoms with Crippen LogP contribution in [0.2, 0.25) is 0 Å². The molecule has 0 heterocycles. The molecule has 2 aliphatic carbocycles. The fourth-order valence-corrected chi connectivity index (χ4v) is 5.37. The van der Waals surface area contributed by atoms with Crippen LogP contribution in [0.25, 0.3) is 10.8 Å². The maximum absolute atomic E-state index is 13.6. The normalized spacial score (nSPS) is 26.4. The molecular weight excluding hydrogens is 400 g/mol. The topological polar surface area (TPSA) is 63.6 Å². The molecule has 0 spiro atoms. The molecule has 0 radical (unpaired) electrons. The van der Waals surface area contributed by atoms with Crippen LogP contribution in [0.5, 0.6) is 5.75 Å². The van der Waals surface area contributed by atoms with Gasteiger partial charge in [-0.05, 0) is 35.3 Å². The molecule has 3 aromatic rings. The molecule has 1 saturated carbocycles. The number of carbonyl (C=O) groups excluding carboxylic acids is 1. The standard InChI is InChI=1S/C28H24O4/c29-27(30)25-23(19-11-3-1-4-12-19)26(24(25)20-13-5-2-6-14-20)28(31)32-22-17-9-15-18-10-7-8-16-21(18)22/h1-13,15-17,20,23-26H,14H2,(H,29,30)/t20?,23-,24-,25-,26-/m1/s1. The first-order valence-corrected chi connectivity index (χ1v) is 11.0. The van der Waals surface area contributed by atoms with Gasteiger partial charge in [0.05, 0.1) is 11.8 Å². The lowest BCUT2D eigenvalue weighted by molar-refractivity contribution is -0.166. The lowest BCUT2D eigenvalue weighted by Crippen LogP contribution is -2.56. The summed E-state index contributed by atoms with van der Waals surface area (Å²) in [6, 6.07) is 22.9. The Balaban J connectivity index is 1.52. The molecule has 0 aliphatic heterocycles. The van der Waals surface area contributed by atoms with Crippen LogP contribution in [-0.4, -0.2) is 17.0 Å². The summed E-state index contributed by atoms with van der Waals surface area (Å²) in [5.74, 6) is -2.62. The molecule has 2 aliphatic rings. The molecule has 0 amide bonds. The third-order valence-corrected chi connectivity index (χ3v) is 6.81. The zero-order chi connectivity index (χ0) is 22.1. The zero-order valence-corrected chi connectivity index (χ0v) is 17.5. The highest BCUT2D eigenvalue weighted by atomic mass is 16.5. The first-order chi connectivity index (χ1) is 15.6. The van der Waals surface area contributed by atoms with Gasteiger partial charge in [-0.1, -0.05) is 91.0 Å². The number of ether oxygens (including phenoxy) is 1. The average molecular weight is 424 g/mol. The molecule has 0 bridgehead atoms. The molecule has 0 saturated heterocycles.